The van der Waals surface area contributed by atoms with Crippen LogP contribution >= 0.6 is 0 Å². The first-order chi connectivity index (χ1) is 7.24. The van der Waals surface area contributed by atoms with Gasteiger partial charge in [-0.25, -0.2) is 0 Å². The van der Waals surface area contributed by atoms with Gasteiger partial charge in [0.15, 0.2) is 0 Å². The van der Waals surface area contributed by atoms with E-state index in [4.69, 9.17) is 0 Å². The Morgan fingerprint density at radius 1 is 1.33 bits per heavy atom. The van der Waals surface area contributed by atoms with Gasteiger partial charge in [0.1, 0.15) is 6.29 Å². The molecule has 1 aromatic rings. The third-order valence-corrected chi connectivity index (χ3v) is 2.92. The van der Waals surface area contributed by atoms with E-state index in [1.54, 1.807) is 0 Å². The third kappa shape index (κ3) is 1.65. The number of allylic oxidation sites excluding steroid dienone is 3. The van der Waals surface area contributed by atoms with E-state index in [0.717, 1.165) is 29.4 Å². The van der Waals surface area contributed by atoms with E-state index in [1.807, 2.05) is 30.3 Å². The average molecular weight is 198 g/mol. The number of hydrogen-bond donors (Lipinski definition) is 0. The number of hydrogen-bond acceptors (Lipinski definition) is 1. The highest BCUT2D eigenvalue weighted by molar-refractivity contribution is 5.88. The zero-order chi connectivity index (χ0) is 10.8. The number of carbonyl (C=O) groups is 1. The van der Waals surface area contributed by atoms with Crippen LogP contribution in [0.4, 0.5) is 0 Å². The normalized spacial score (nSPS) is 20.9. The summed E-state index contributed by atoms with van der Waals surface area (Å²) < 4.78 is 0. The molecule has 76 valence electrons. The van der Waals surface area contributed by atoms with E-state index in [-0.39, 0.29) is 5.92 Å². The van der Waals surface area contributed by atoms with Crippen molar-refractivity contribution in [2.24, 2.45) is 5.92 Å². The smallest absolute Gasteiger partial charge is 0.131 e. The zero-order valence-electron chi connectivity index (χ0n) is 8.86. The molecule has 0 heterocycles. The SMILES string of the molecule is C=C1CC(C)=C(c2ccccc2)C1C=O. The summed E-state index contributed by atoms with van der Waals surface area (Å²) in [6.45, 7) is 6.04. The molecular weight excluding hydrogens is 184 g/mol. The minimum atomic E-state index is -0.104. The maximum absolute atomic E-state index is 11.1. The standard InChI is InChI=1S/C14H14O/c1-10-8-11(2)14(13(10)9-15)12-6-4-3-5-7-12/h3-7,9,13H,1,8H2,2H3. The summed E-state index contributed by atoms with van der Waals surface area (Å²) in [5, 5.41) is 0. The van der Waals surface area contributed by atoms with Crippen molar-refractivity contribution in [1.82, 2.24) is 0 Å². The van der Waals surface area contributed by atoms with Gasteiger partial charge in [0.2, 0.25) is 0 Å². The molecule has 0 amide bonds. The lowest BCUT2D eigenvalue weighted by molar-refractivity contribution is -0.108. The predicted molar refractivity (Wildman–Crippen MR) is 62.3 cm³/mol. The predicted octanol–water partition coefficient (Wildman–Crippen LogP) is 3.24. The number of carbonyl (C=O) groups excluding carboxylic acids is 1. The van der Waals surface area contributed by atoms with Gasteiger partial charge >= 0.3 is 0 Å². The van der Waals surface area contributed by atoms with Crippen LogP contribution in [0, 0.1) is 5.92 Å². The molecule has 1 atom stereocenters. The molecule has 15 heavy (non-hydrogen) atoms. The Hall–Kier alpha value is -1.63. The molecule has 0 fully saturated rings. The highest BCUT2D eigenvalue weighted by Crippen LogP contribution is 2.40. The second kappa shape index (κ2) is 3.85. The second-order valence-electron chi connectivity index (χ2n) is 4.01. The first kappa shape index (κ1) is 9.91. The molecule has 1 aliphatic carbocycles. The van der Waals surface area contributed by atoms with E-state index in [0.29, 0.717) is 0 Å². The molecule has 0 N–H and O–H groups in total. The molecule has 1 heteroatoms. The molecule has 2 rings (SSSR count). The third-order valence-electron chi connectivity index (χ3n) is 2.92. The Morgan fingerprint density at radius 2 is 2.00 bits per heavy atom. The van der Waals surface area contributed by atoms with Crippen LogP contribution in [0.1, 0.15) is 18.9 Å². The lowest BCUT2D eigenvalue weighted by atomic mass is 9.93. The van der Waals surface area contributed by atoms with Crippen LogP contribution in [0.25, 0.3) is 5.57 Å². The van der Waals surface area contributed by atoms with E-state index >= 15 is 0 Å². The Labute approximate surface area is 90.1 Å². The minimum absolute atomic E-state index is 0.104. The van der Waals surface area contributed by atoms with Crippen molar-refractivity contribution in [3.8, 4) is 0 Å². The van der Waals surface area contributed by atoms with Gasteiger partial charge in [-0.3, -0.25) is 0 Å². The molecular formula is C14H14O. The number of rotatable bonds is 2. The fourth-order valence-corrected chi connectivity index (χ4v) is 2.22. The zero-order valence-corrected chi connectivity index (χ0v) is 8.86. The number of aldehydes is 1. The van der Waals surface area contributed by atoms with E-state index in [2.05, 4.69) is 13.5 Å². The van der Waals surface area contributed by atoms with Gasteiger partial charge in [-0.2, -0.15) is 0 Å². The quantitative estimate of drug-likeness (QED) is 0.526. The lowest BCUT2D eigenvalue weighted by Crippen LogP contribution is -2.02. The minimum Gasteiger partial charge on any atom is -0.302 e. The summed E-state index contributed by atoms with van der Waals surface area (Å²) in [5.74, 6) is -0.104. The van der Waals surface area contributed by atoms with Gasteiger partial charge < -0.3 is 4.79 Å². The monoisotopic (exact) mass is 198 g/mol. The largest absolute Gasteiger partial charge is 0.302 e. The van der Waals surface area contributed by atoms with Crippen molar-refractivity contribution >= 4 is 11.9 Å². The van der Waals surface area contributed by atoms with Crippen molar-refractivity contribution in [2.75, 3.05) is 0 Å². The summed E-state index contributed by atoms with van der Waals surface area (Å²) in [5.41, 5.74) is 4.58. The van der Waals surface area contributed by atoms with Crippen LogP contribution < -0.4 is 0 Å². The van der Waals surface area contributed by atoms with Gasteiger partial charge in [0.25, 0.3) is 0 Å². The van der Waals surface area contributed by atoms with Crippen LogP contribution in [0.3, 0.4) is 0 Å². The van der Waals surface area contributed by atoms with Crippen molar-refractivity contribution in [2.45, 2.75) is 13.3 Å². The molecule has 0 saturated carbocycles. The molecule has 1 nitrogen and oxygen atoms in total. The van der Waals surface area contributed by atoms with Gasteiger partial charge in [-0.15, -0.1) is 0 Å². The summed E-state index contributed by atoms with van der Waals surface area (Å²) in [6, 6.07) is 10.1. The Morgan fingerprint density at radius 3 is 2.60 bits per heavy atom. The Bertz CT molecular complexity index is 426. The molecule has 1 unspecified atom stereocenters. The topological polar surface area (TPSA) is 17.1 Å². The summed E-state index contributed by atoms with van der Waals surface area (Å²) in [6.07, 6.45) is 1.86. The van der Waals surface area contributed by atoms with Gasteiger partial charge in [0, 0.05) is 0 Å². The molecule has 1 aromatic carbocycles. The lowest BCUT2D eigenvalue weighted by Gasteiger charge is -2.10. The van der Waals surface area contributed by atoms with Crippen molar-refractivity contribution < 1.29 is 4.79 Å². The van der Waals surface area contributed by atoms with Crippen LogP contribution in [0.15, 0.2) is 48.1 Å². The maximum atomic E-state index is 11.1. The highest BCUT2D eigenvalue weighted by atomic mass is 16.1. The fraction of sp³-hybridized carbons (Fsp3) is 0.214. The summed E-state index contributed by atoms with van der Waals surface area (Å²) in [7, 11) is 0. The van der Waals surface area contributed by atoms with Crippen molar-refractivity contribution in [1.29, 1.82) is 0 Å². The molecule has 0 saturated heterocycles. The number of benzene rings is 1. The molecule has 1 aliphatic rings. The van der Waals surface area contributed by atoms with Gasteiger partial charge in [-0.05, 0) is 24.5 Å². The van der Waals surface area contributed by atoms with Crippen molar-refractivity contribution in [3.63, 3.8) is 0 Å². The fourth-order valence-electron chi connectivity index (χ4n) is 2.22. The van der Waals surface area contributed by atoms with Gasteiger partial charge in [0.05, 0.1) is 5.92 Å². The first-order valence-electron chi connectivity index (χ1n) is 5.12. The summed E-state index contributed by atoms with van der Waals surface area (Å²) >= 11 is 0. The van der Waals surface area contributed by atoms with E-state index < -0.39 is 0 Å². The molecule has 0 radical (unpaired) electrons. The van der Waals surface area contributed by atoms with Crippen LogP contribution in [0.2, 0.25) is 0 Å². The van der Waals surface area contributed by atoms with Crippen LogP contribution in [-0.4, -0.2) is 6.29 Å². The first-order valence-corrected chi connectivity index (χ1v) is 5.12. The highest BCUT2D eigenvalue weighted by Gasteiger charge is 2.26. The van der Waals surface area contributed by atoms with Crippen molar-refractivity contribution in [3.05, 3.63) is 53.6 Å². The van der Waals surface area contributed by atoms with Crippen LogP contribution in [-0.2, 0) is 4.79 Å². The second-order valence-corrected chi connectivity index (χ2v) is 4.01. The molecule has 0 aliphatic heterocycles. The Kier molecular flexibility index (Phi) is 2.55. The summed E-state index contributed by atoms with van der Waals surface area (Å²) in [4.78, 5) is 11.1. The van der Waals surface area contributed by atoms with Gasteiger partial charge in [-0.1, -0.05) is 48.1 Å². The Balaban J connectivity index is 2.48. The van der Waals surface area contributed by atoms with Crippen LogP contribution in [0.5, 0.6) is 0 Å². The molecule has 0 spiro atoms. The maximum Gasteiger partial charge on any atom is 0.131 e. The average Bonchev–Trinajstić information content (AvgIpc) is 2.54. The van der Waals surface area contributed by atoms with E-state index in [9.17, 15) is 4.79 Å². The molecule has 0 aromatic heterocycles. The van der Waals surface area contributed by atoms with E-state index in [1.165, 1.54) is 5.57 Å². The molecule has 0 bridgehead atoms.